The molecule has 0 saturated heterocycles. The van der Waals surface area contributed by atoms with Crippen molar-refractivity contribution >= 4 is 5.78 Å². The van der Waals surface area contributed by atoms with Gasteiger partial charge in [-0.05, 0) is 30.0 Å². The smallest absolute Gasteiger partial charge is 0.142 e. The van der Waals surface area contributed by atoms with Gasteiger partial charge >= 0.3 is 0 Å². The second kappa shape index (κ2) is 6.58. The van der Waals surface area contributed by atoms with E-state index in [4.69, 9.17) is 4.74 Å². The molecule has 0 aromatic heterocycles. The summed E-state index contributed by atoms with van der Waals surface area (Å²) in [5, 5.41) is 0. The van der Waals surface area contributed by atoms with E-state index in [0.29, 0.717) is 11.7 Å². The molecule has 1 rings (SSSR count). The zero-order valence-electron chi connectivity index (χ0n) is 12.1. The van der Waals surface area contributed by atoms with Crippen LogP contribution >= 0.6 is 0 Å². The quantitative estimate of drug-likeness (QED) is 0.759. The van der Waals surface area contributed by atoms with E-state index in [1.807, 2.05) is 38.1 Å². The number of hydrogen-bond acceptors (Lipinski definition) is 2. The molecule has 2 heteroatoms. The van der Waals surface area contributed by atoms with Crippen LogP contribution in [-0.4, -0.2) is 12.9 Å². The number of ketones is 1. The van der Waals surface area contributed by atoms with Crippen molar-refractivity contribution < 1.29 is 9.53 Å². The third-order valence-electron chi connectivity index (χ3n) is 3.12. The van der Waals surface area contributed by atoms with Gasteiger partial charge in [0.1, 0.15) is 11.5 Å². The van der Waals surface area contributed by atoms with Gasteiger partial charge in [0.25, 0.3) is 0 Å². The summed E-state index contributed by atoms with van der Waals surface area (Å²) in [4.78, 5) is 12.3. The highest BCUT2D eigenvalue weighted by Gasteiger charge is 2.24. The fourth-order valence-corrected chi connectivity index (χ4v) is 2.15. The average Bonchev–Trinajstić information content (AvgIpc) is 2.34. The van der Waals surface area contributed by atoms with E-state index in [0.717, 1.165) is 17.7 Å². The largest absolute Gasteiger partial charge is 0.497 e. The van der Waals surface area contributed by atoms with E-state index in [1.54, 1.807) is 7.11 Å². The highest BCUT2D eigenvalue weighted by Crippen LogP contribution is 2.29. The minimum Gasteiger partial charge on any atom is -0.497 e. The molecule has 0 aliphatic carbocycles. The van der Waals surface area contributed by atoms with Crippen molar-refractivity contribution in [3.63, 3.8) is 0 Å². The molecule has 0 spiro atoms. The Labute approximate surface area is 110 Å². The Bertz CT molecular complexity index is 394. The molecule has 1 aromatic rings. The third-order valence-corrected chi connectivity index (χ3v) is 3.12. The van der Waals surface area contributed by atoms with Crippen LogP contribution in [-0.2, 0) is 4.79 Å². The fraction of sp³-hybridized carbons (Fsp3) is 0.562. The van der Waals surface area contributed by atoms with E-state index >= 15 is 0 Å². The van der Waals surface area contributed by atoms with Crippen LogP contribution in [0.15, 0.2) is 24.3 Å². The Morgan fingerprint density at radius 3 is 2.39 bits per heavy atom. The monoisotopic (exact) mass is 248 g/mol. The summed E-state index contributed by atoms with van der Waals surface area (Å²) in [6, 6.07) is 7.87. The maximum atomic E-state index is 12.3. The normalized spacial score (nSPS) is 12.8. The standard InChI is InChI=1S/C16H24O2/c1-11(2)9-15(16(17)12(3)4)13-7-6-8-14(10-13)18-5/h6-8,10-12,15H,9H2,1-5H3. The molecular weight excluding hydrogens is 224 g/mol. The molecule has 0 heterocycles. The summed E-state index contributed by atoms with van der Waals surface area (Å²) in [7, 11) is 1.65. The minimum atomic E-state index is -0.0138. The van der Waals surface area contributed by atoms with Crippen molar-refractivity contribution in [2.24, 2.45) is 11.8 Å². The summed E-state index contributed by atoms with van der Waals surface area (Å²) in [6.07, 6.45) is 0.893. The Kier molecular flexibility index (Phi) is 5.39. The summed E-state index contributed by atoms with van der Waals surface area (Å²) >= 11 is 0. The second-order valence-corrected chi connectivity index (χ2v) is 5.52. The molecule has 0 aliphatic heterocycles. The van der Waals surface area contributed by atoms with E-state index in [2.05, 4.69) is 13.8 Å². The average molecular weight is 248 g/mol. The van der Waals surface area contributed by atoms with E-state index in [-0.39, 0.29) is 11.8 Å². The van der Waals surface area contributed by atoms with Gasteiger partial charge in [-0.3, -0.25) is 4.79 Å². The first-order chi connectivity index (χ1) is 8.45. The first-order valence-corrected chi connectivity index (χ1v) is 6.63. The molecule has 0 radical (unpaired) electrons. The second-order valence-electron chi connectivity index (χ2n) is 5.52. The zero-order chi connectivity index (χ0) is 13.7. The lowest BCUT2D eigenvalue weighted by molar-refractivity contribution is -0.123. The van der Waals surface area contributed by atoms with Gasteiger partial charge < -0.3 is 4.74 Å². The maximum Gasteiger partial charge on any atom is 0.142 e. The molecule has 1 aromatic carbocycles. The van der Waals surface area contributed by atoms with Gasteiger partial charge in [0.05, 0.1) is 7.11 Å². The molecule has 0 N–H and O–H groups in total. The predicted octanol–water partition coefficient (Wildman–Crippen LogP) is 4.05. The molecule has 1 atom stereocenters. The topological polar surface area (TPSA) is 26.3 Å². The van der Waals surface area contributed by atoms with Crippen LogP contribution in [0.3, 0.4) is 0 Å². The number of carbonyl (C=O) groups is 1. The number of benzene rings is 1. The lowest BCUT2D eigenvalue weighted by atomic mass is 9.83. The Balaban J connectivity index is 3.04. The maximum absolute atomic E-state index is 12.3. The Hall–Kier alpha value is -1.31. The molecule has 100 valence electrons. The van der Waals surface area contributed by atoms with Crippen LogP contribution < -0.4 is 4.74 Å². The van der Waals surface area contributed by atoms with Crippen molar-refractivity contribution in [1.29, 1.82) is 0 Å². The van der Waals surface area contributed by atoms with Crippen LogP contribution in [0, 0.1) is 11.8 Å². The number of methoxy groups -OCH3 is 1. The van der Waals surface area contributed by atoms with Gasteiger partial charge in [0.2, 0.25) is 0 Å². The fourth-order valence-electron chi connectivity index (χ4n) is 2.15. The highest BCUT2D eigenvalue weighted by molar-refractivity contribution is 5.87. The lowest BCUT2D eigenvalue weighted by Gasteiger charge is -2.20. The third kappa shape index (κ3) is 3.86. The molecular formula is C16H24O2. The van der Waals surface area contributed by atoms with Crippen LogP contribution in [0.1, 0.15) is 45.6 Å². The van der Waals surface area contributed by atoms with Crippen molar-refractivity contribution in [3.05, 3.63) is 29.8 Å². The summed E-state index contributed by atoms with van der Waals surface area (Å²) in [6.45, 7) is 8.24. The molecule has 18 heavy (non-hydrogen) atoms. The number of Topliss-reactive ketones (excluding diaryl/α,β-unsaturated/α-hetero) is 1. The first kappa shape index (κ1) is 14.7. The Morgan fingerprint density at radius 1 is 1.22 bits per heavy atom. The first-order valence-electron chi connectivity index (χ1n) is 6.63. The molecule has 0 aliphatic rings. The SMILES string of the molecule is COc1cccc(C(CC(C)C)C(=O)C(C)C)c1. The van der Waals surface area contributed by atoms with Crippen molar-refractivity contribution in [1.82, 2.24) is 0 Å². The number of carbonyl (C=O) groups excluding carboxylic acids is 1. The summed E-state index contributed by atoms with van der Waals surface area (Å²) < 4.78 is 5.24. The minimum absolute atomic E-state index is 0.0138. The molecule has 0 saturated carbocycles. The van der Waals surface area contributed by atoms with E-state index in [9.17, 15) is 4.79 Å². The predicted molar refractivity (Wildman–Crippen MR) is 75.0 cm³/mol. The van der Waals surface area contributed by atoms with Gasteiger partial charge in [-0.15, -0.1) is 0 Å². The van der Waals surface area contributed by atoms with Gasteiger partial charge in [-0.1, -0.05) is 39.8 Å². The number of ether oxygens (including phenoxy) is 1. The summed E-state index contributed by atoms with van der Waals surface area (Å²) in [5.41, 5.74) is 1.07. The van der Waals surface area contributed by atoms with Crippen LogP contribution in [0.4, 0.5) is 0 Å². The van der Waals surface area contributed by atoms with Crippen LogP contribution in [0.25, 0.3) is 0 Å². The van der Waals surface area contributed by atoms with Crippen LogP contribution in [0.5, 0.6) is 5.75 Å². The van der Waals surface area contributed by atoms with E-state index in [1.165, 1.54) is 0 Å². The molecule has 2 nitrogen and oxygen atoms in total. The molecule has 0 bridgehead atoms. The summed E-state index contributed by atoms with van der Waals surface area (Å²) in [5.74, 6) is 1.69. The van der Waals surface area contributed by atoms with Gasteiger partial charge in [0, 0.05) is 11.8 Å². The zero-order valence-corrected chi connectivity index (χ0v) is 12.1. The lowest BCUT2D eigenvalue weighted by Crippen LogP contribution is -2.19. The van der Waals surface area contributed by atoms with Crippen molar-refractivity contribution in [2.45, 2.75) is 40.0 Å². The van der Waals surface area contributed by atoms with Crippen molar-refractivity contribution in [2.75, 3.05) is 7.11 Å². The van der Waals surface area contributed by atoms with E-state index < -0.39 is 0 Å². The van der Waals surface area contributed by atoms with Gasteiger partial charge in [-0.25, -0.2) is 0 Å². The van der Waals surface area contributed by atoms with Gasteiger partial charge in [0.15, 0.2) is 0 Å². The number of hydrogen-bond donors (Lipinski definition) is 0. The van der Waals surface area contributed by atoms with Gasteiger partial charge in [-0.2, -0.15) is 0 Å². The molecule has 0 amide bonds. The number of rotatable bonds is 6. The van der Waals surface area contributed by atoms with Crippen LogP contribution in [0.2, 0.25) is 0 Å². The van der Waals surface area contributed by atoms with Crippen molar-refractivity contribution in [3.8, 4) is 5.75 Å². The highest BCUT2D eigenvalue weighted by atomic mass is 16.5. The molecule has 0 fully saturated rings. The molecule has 1 unspecified atom stereocenters. The Morgan fingerprint density at radius 2 is 1.89 bits per heavy atom.